The van der Waals surface area contributed by atoms with Gasteiger partial charge in [0.05, 0.1) is 5.56 Å². The van der Waals surface area contributed by atoms with Gasteiger partial charge in [0.15, 0.2) is 0 Å². The predicted molar refractivity (Wildman–Crippen MR) is 82.2 cm³/mol. The second kappa shape index (κ2) is 5.32. The highest BCUT2D eigenvalue weighted by Gasteiger charge is 2.30. The third-order valence-electron chi connectivity index (χ3n) is 4.09. The van der Waals surface area contributed by atoms with Gasteiger partial charge in [0, 0.05) is 11.7 Å². The summed E-state index contributed by atoms with van der Waals surface area (Å²) in [5.41, 5.74) is 3.09. The number of amides is 1. The number of nitrogens with zero attached hydrogens (tertiary/aromatic N) is 1. The molecule has 2 aromatic rings. The molecule has 108 valence electrons. The number of anilines is 1. The summed E-state index contributed by atoms with van der Waals surface area (Å²) in [5.74, 6) is -0.711. The number of fused-ring (bicyclic) bond motifs is 1. The Morgan fingerprint density at radius 1 is 1.24 bits per heavy atom. The zero-order valence-electron chi connectivity index (χ0n) is 12.3. The molecule has 0 bridgehead atoms. The molecule has 1 atom stereocenters. The highest BCUT2D eigenvalue weighted by atomic mass is 19.1. The van der Waals surface area contributed by atoms with Gasteiger partial charge in [-0.25, -0.2) is 4.39 Å². The first-order valence-corrected chi connectivity index (χ1v) is 7.25. The lowest BCUT2D eigenvalue weighted by Crippen LogP contribution is -2.42. The molecule has 21 heavy (non-hydrogen) atoms. The summed E-state index contributed by atoms with van der Waals surface area (Å²) in [6, 6.07) is 12.6. The summed E-state index contributed by atoms with van der Waals surface area (Å²) in [6.07, 6.45) is 1.85. The van der Waals surface area contributed by atoms with Crippen LogP contribution in [0.25, 0.3) is 0 Å². The van der Waals surface area contributed by atoms with Crippen molar-refractivity contribution in [1.82, 2.24) is 0 Å². The molecule has 3 heteroatoms. The van der Waals surface area contributed by atoms with Crippen LogP contribution in [-0.2, 0) is 6.42 Å². The van der Waals surface area contributed by atoms with E-state index in [9.17, 15) is 9.18 Å². The SMILES string of the molecule is Cc1ccc(F)c(C(=O)N2c3ccccc3CCC2C)c1. The fourth-order valence-electron chi connectivity index (χ4n) is 2.93. The van der Waals surface area contributed by atoms with E-state index in [0.29, 0.717) is 0 Å². The van der Waals surface area contributed by atoms with Crippen LogP contribution in [0.5, 0.6) is 0 Å². The maximum atomic E-state index is 14.0. The maximum Gasteiger partial charge on any atom is 0.261 e. The lowest BCUT2D eigenvalue weighted by molar-refractivity contribution is 0.0971. The molecule has 0 saturated carbocycles. The Morgan fingerprint density at radius 3 is 2.81 bits per heavy atom. The number of hydrogen-bond donors (Lipinski definition) is 0. The fourth-order valence-corrected chi connectivity index (χ4v) is 2.93. The van der Waals surface area contributed by atoms with Crippen molar-refractivity contribution in [2.24, 2.45) is 0 Å². The highest BCUT2D eigenvalue weighted by Crippen LogP contribution is 2.32. The normalized spacial score (nSPS) is 17.5. The number of para-hydroxylation sites is 1. The third kappa shape index (κ3) is 2.44. The van der Waals surface area contributed by atoms with Gasteiger partial charge < -0.3 is 4.90 Å². The first-order chi connectivity index (χ1) is 10.1. The largest absolute Gasteiger partial charge is 0.305 e. The summed E-state index contributed by atoms with van der Waals surface area (Å²) >= 11 is 0. The quantitative estimate of drug-likeness (QED) is 0.771. The van der Waals surface area contributed by atoms with Crippen molar-refractivity contribution in [2.75, 3.05) is 4.90 Å². The van der Waals surface area contributed by atoms with Crippen molar-refractivity contribution >= 4 is 11.6 Å². The molecule has 0 aromatic heterocycles. The molecule has 1 aliphatic heterocycles. The number of rotatable bonds is 1. The zero-order chi connectivity index (χ0) is 15.0. The number of benzene rings is 2. The van der Waals surface area contributed by atoms with Crippen LogP contribution in [-0.4, -0.2) is 11.9 Å². The Morgan fingerprint density at radius 2 is 2.00 bits per heavy atom. The van der Waals surface area contributed by atoms with Crippen molar-refractivity contribution in [2.45, 2.75) is 32.7 Å². The van der Waals surface area contributed by atoms with Gasteiger partial charge >= 0.3 is 0 Å². The molecule has 0 fully saturated rings. The molecule has 1 aliphatic rings. The Balaban J connectivity index is 2.07. The van der Waals surface area contributed by atoms with Crippen LogP contribution in [0, 0.1) is 12.7 Å². The highest BCUT2D eigenvalue weighted by molar-refractivity contribution is 6.07. The molecule has 0 N–H and O–H groups in total. The Bertz CT molecular complexity index is 695. The molecule has 0 spiro atoms. The minimum Gasteiger partial charge on any atom is -0.305 e. The van der Waals surface area contributed by atoms with Gasteiger partial charge in [-0.2, -0.15) is 0 Å². The van der Waals surface area contributed by atoms with Crippen molar-refractivity contribution in [3.05, 3.63) is 65.0 Å². The predicted octanol–water partition coefficient (Wildman–Crippen LogP) is 4.12. The standard InChI is InChI=1S/C18H18FNO/c1-12-7-10-16(19)15(11-12)18(21)20-13(2)8-9-14-5-3-4-6-17(14)20/h3-7,10-11,13H,8-9H2,1-2H3. The fraction of sp³-hybridized carbons (Fsp3) is 0.278. The number of hydrogen-bond acceptors (Lipinski definition) is 1. The van der Waals surface area contributed by atoms with Gasteiger partial charge in [0.2, 0.25) is 0 Å². The van der Waals surface area contributed by atoms with E-state index in [2.05, 4.69) is 0 Å². The second-order valence-corrected chi connectivity index (χ2v) is 5.67. The van der Waals surface area contributed by atoms with Gasteiger partial charge in [0.1, 0.15) is 5.82 Å². The molecule has 1 heterocycles. The van der Waals surface area contributed by atoms with Crippen LogP contribution < -0.4 is 4.90 Å². The monoisotopic (exact) mass is 283 g/mol. The molecule has 1 amide bonds. The van der Waals surface area contributed by atoms with Gasteiger partial charge in [-0.3, -0.25) is 4.79 Å². The minimum atomic E-state index is -0.458. The summed E-state index contributed by atoms with van der Waals surface area (Å²) in [4.78, 5) is 14.6. The zero-order valence-corrected chi connectivity index (χ0v) is 12.3. The number of carbonyl (C=O) groups is 1. The van der Waals surface area contributed by atoms with Crippen LogP contribution in [0.4, 0.5) is 10.1 Å². The van der Waals surface area contributed by atoms with Crippen LogP contribution >= 0.6 is 0 Å². The van der Waals surface area contributed by atoms with Crippen LogP contribution in [0.1, 0.15) is 34.8 Å². The third-order valence-corrected chi connectivity index (χ3v) is 4.09. The van der Waals surface area contributed by atoms with Crippen molar-refractivity contribution < 1.29 is 9.18 Å². The molecular weight excluding hydrogens is 265 g/mol. The smallest absolute Gasteiger partial charge is 0.261 e. The second-order valence-electron chi connectivity index (χ2n) is 5.67. The first-order valence-electron chi connectivity index (χ1n) is 7.25. The van der Waals surface area contributed by atoms with E-state index in [0.717, 1.165) is 29.7 Å². The molecule has 0 saturated heterocycles. The van der Waals surface area contributed by atoms with Gasteiger partial charge in [-0.05, 0) is 50.5 Å². The van der Waals surface area contributed by atoms with E-state index in [1.165, 1.54) is 6.07 Å². The molecule has 0 aliphatic carbocycles. The van der Waals surface area contributed by atoms with E-state index < -0.39 is 5.82 Å². The topological polar surface area (TPSA) is 20.3 Å². The maximum absolute atomic E-state index is 14.0. The van der Waals surface area contributed by atoms with Crippen molar-refractivity contribution in [1.29, 1.82) is 0 Å². The molecule has 1 unspecified atom stereocenters. The Hall–Kier alpha value is -2.16. The van der Waals surface area contributed by atoms with Crippen LogP contribution in [0.15, 0.2) is 42.5 Å². The molecule has 3 rings (SSSR count). The average Bonchev–Trinajstić information content (AvgIpc) is 2.49. The van der Waals surface area contributed by atoms with E-state index in [1.54, 1.807) is 17.0 Å². The molecule has 2 aromatic carbocycles. The minimum absolute atomic E-state index is 0.0762. The van der Waals surface area contributed by atoms with Gasteiger partial charge in [-0.15, -0.1) is 0 Å². The number of aryl methyl sites for hydroxylation is 2. The first kappa shape index (κ1) is 13.8. The number of carbonyl (C=O) groups excluding carboxylic acids is 1. The summed E-state index contributed by atoms with van der Waals surface area (Å²) in [5, 5.41) is 0. The van der Waals surface area contributed by atoms with Crippen molar-refractivity contribution in [3.63, 3.8) is 0 Å². The Labute approximate surface area is 124 Å². The van der Waals surface area contributed by atoms with Crippen LogP contribution in [0.2, 0.25) is 0 Å². The van der Waals surface area contributed by atoms with E-state index in [1.807, 2.05) is 38.1 Å². The average molecular weight is 283 g/mol. The summed E-state index contributed by atoms with van der Waals surface area (Å²) in [6.45, 7) is 3.88. The lowest BCUT2D eigenvalue weighted by Gasteiger charge is -2.35. The molecule has 0 radical (unpaired) electrons. The lowest BCUT2D eigenvalue weighted by atomic mass is 9.95. The van der Waals surface area contributed by atoms with E-state index in [-0.39, 0.29) is 17.5 Å². The summed E-state index contributed by atoms with van der Waals surface area (Å²) in [7, 11) is 0. The van der Waals surface area contributed by atoms with E-state index >= 15 is 0 Å². The Kier molecular flexibility index (Phi) is 3.50. The summed E-state index contributed by atoms with van der Waals surface area (Å²) < 4.78 is 14.0. The van der Waals surface area contributed by atoms with Crippen LogP contribution in [0.3, 0.4) is 0 Å². The molecule has 2 nitrogen and oxygen atoms in total. The van der Waals surface area contributed by atoms with Gasteiger partial charge in [0.25, 0.3) is 5.91 Å². The number of halogens is 1. The van der Waals surface area contributed by atoms with Crippen molar-refractivity contribution in [3.8, 4) is 0 Å². The van der Waals surface area contributed by atoms with E-state index in [4.69, 9.17) is 0 Å². The van der Waals surface area contributed by atoms with Gasteiger partial charge in [-0.1, -0.05) is 29.8 Å². The molecular formula is C18H18FNO.